The van der Waals surface area contributed by atoms with E-state index in [1.54, 1.807) is 0 Å². The first kappa shape index (κ1) is 12.0. The van der Waals surface area contributed by atoms with Crippen LogP contribution in [0.15, 0.2) is 0 Å². The lowest BCUT2D eigenvalue weighted by Crippen LogP contribution is -2.16. The summed E-state index contributed by atoms with van der Waals surface area (Å²) in [4.78, 5) is 10.1. The molecule has 0 aliphatic rings. The maximum atomic E-state index is 10.1. The van der Waals surface area contributed by atoms with Gasteiger partial charge in [0.2, 0.25) is 0 Å². The Hall–Kier alpha value is -1.01. The molecule has 3 nitrogen and oxygen atoms in total. The molecule has 0 fully saturated rings. The van der Waals surface area contributed by atoms with E-state index in [1.807, 2.05) is 0 Å². The quantitative estimate of drug-likeness (QED) is 0.440. The van der Waals surface area contributed by atoms with E-state index >= 15 is 0 Å². The van der Waals surface area contributed by atoms with Crippen molar-refractivity contribution in [2.45, 2.75) is 32.1 Å². The number of hydrogen-bond donors (Lipinski definition) is 2. The van der Waals surface area contributed by atoms with Gasteiger partial charge < -0.3 is 10.4 Å². The van der Waals surface area contributed by atoms with Gasteiger partial charge in [-0.3, -0.25) is 4.79 Å². The molecule has 0 rings (SSSR count). The predicted molar refractivity (Wildman–Crippen MR) is 52.4 cm³/mol. The molecule has 0 saturated heterocycles. The third-order valence-electron chi connectivity index (χ3n) is 1.69. The molecule has 3 heteroatoms. The second-order valence-corrected chi connectivity index (χ2v) is 2.91. The Morgan fingerprint density at radius 1 is 1.31 bits per heavy atom. The largest absolute Gasteiger partial charge is 0.481 e. The minimum atomic E-state index is -0.708. The molecule has 0 aliphatic heterocycles. The average Bonchev–Trinajstić information content (AvgIpc) is 2.09. The van der Waals surface area contributed by atoms with E-state index < -0.39 is 5.97 Å². The van der Waals surface area contributed by atoms with E-state index in [9.17, 15) is 4.79 Å². The van der Waals surface area contributed by atoms with Gasteiger partial charge >= 0.3 is 5.97 Å². The summed E-state index contributed by atoms with van der Waals surface area (Å²) in [7, 11) is 0. The number of carboxylic acids is 1. The van der Waals surface area contributed by atoms with Crippen LogP contribution in [0.3, 0.4) is 0 Å². The van der Waals surface area contributed by atoms with Crippen LogP contribution in [0.4, 0.5) is 0 Å². The van der Waals surface area contributed by atoms with Gasteiger partial charge in [-0.2, -0.15) is 0 Å². The summed E-state index contributed by atoms with van der Waals surface area (Å²) in [5.74, 6) is 1.84. The number of unbranched alkanes of at least 4 members (excludes halogenated alkanes) is 2. The summed E-state index contributed by atoms with van der Waals surface area (Å²) in [5, 5.41) is 11.5. The normalized spacial score (nSPS) is 9.46. The summed E-state index contributed by atoms with van der Waals surface area (Å²) < 4.78 is 0. The third kappa shape index (κ3) is 11.0. The Morgan fingerprint density at radius 3 is 2.69 bits per heavy atom. The van der Waals surface area contributed by atoms with E-state index in [0.717, 1.165) is 38.8 Å². The van der Waals surface area contributed by atoms with Crippen molar-refractivity contribution in [2.75, 3.05) is 13.1 Å². The molecule has 0 atom stereocenters. The Kier molecular flexibility index (Phi) is 8.38. The van der Waals surface area contributed by atoms with Crippen molar-refractivity contribution in [3.05, 3.63) is 0 Å². The number of carbonyl (C=O) groups is 1. The third-order valence-corrected chi connectivity index (χ3v) is 1.69. The Bertz CT molecular complexity index is 172. The summed E-state index contributed by atoms with van der Waals surface area (Å²) in [6.07, 6.45) is 8.87. The standard InChI is InChI=1S/C10H17NO2/c1-2-3-8-11-9-6-4-5-7-10(12)13/h1,11H,3-9H2,(H,12,13). The van der Waals surface area contributed by atoms with Crippen molar-refractivity contribution in [1.82, 2.24) is 5.32 Å². The van der Waals surface area contributed by atoms with E-state index in [2.05, 4.69) is 11.2 Å². The van der Waals surface area contributed by atoms with Crippen LogP contribution in [0.1, 0.15) is 32.1 Å². The van der Waals surface area contributed by atoms with Crippen molar-refractivity contribution >= 4 is 5.97 Å². The zero-order chi connectivity index (χ0) is 9.94. The number of nitrogens with one attached hydrogen (secondary N) is 1. The van der Waals surface area contributed by atoms with Crippen LogP contribution in [0.5, 0.6) is 0 Å². The fourth-order valence-electron chi connectivity index (χ4n) is 0.989. The highest BCUT2D eigenvalue weighted by molar-refractivity contribution is 5.66. The van der Waals surface area contributed by atoms with E-state index in [4.69, 9.17) is 11.5 Å². The lowest BCUT2D eigenvalue weighted by atomic mass is 10.2. The van der Waals surface area contributed by atoms with Crippen LogP contribution >= 0.6 is 0 Å². The number of rotatable bonds is 8. The topological polar surface area (TPSA) is 49.3 Å². The maximum absolute atomic E-state index is 10.1. The Labute approximate surface area is 79.5 Å². The minimum absolute atomic E-state index is 0.282. The second-order valence-electron chi connectivity index (χ2n) is 2.91. The van der Waals surface area contributed by atoms with Crippen LogP contribution in [0, 0.1) is 12.3 Å². The predicted octanol–water partition coefficient (Wildman–Crippen LogP) is 1.24. The van der Waals surface area contributed by atoms with Gasteiger partial charge in [0.15, 0.2) is 0 Å². The molecule has 0 aliphatic carbocycles. The smallest absolute Gasteiger partial charge is 0.303 e. The van der Waals surface area contributed by atoms with Crippen LogP contribution in [0.25, 0.3) is 0 Å². The SMILES string of the molecule is C#CCCNCCCCCC(=O)O. The molecule has 13 heavy (non-hydrogen) atoms. The van der Waals surface area contributed by atoms with Crippen LogP contribution in [-0.4, -0.2) is 24.2 Å². The minimum Gasteiger partial charge on any atom is -0.481 e. The molecule has 0 aromatic heterocycles. The van der Waals surface area contributed by atoms with Crippen molar-refractivity contribution < 1.29 is 9.90 Å². The molecule has 0 amide bonds. The maximum Gasteiger partial charge on any atom is 0.303 e. The van der Waals surface area contributed by atoms with Crippen molar-refractivity contribution in [2.24, 2.45) is 0 Å². The molecule has 0 bridgehead atoms. The van der Waals surface area contributed by atoms with E-state index in [1.165, 1.54) is 0 Å². The van der Waals surface area contributed by atoms with Gasteiger partial charge in [-0.05, 0) is 19.4 Å². The Morgan fingerprint density at radius 2 is 2.08 bits per heavy atom. The van der Waals surface area contributed by atoms with Crippen molar-refractivity contribution in [3.8, 4) is 12.3 Å². The van der Waals surface area contributed by atoms with Gasteiger partial charge in [-0.1, -0.05) is 6.42 Å². The second kappa shape index (κ2) is 9.08. The van der Waals surface area contributed by atoms with Gasteiger partial charge in [0.05, 0.1) is 0 Å². The average molecular weight is 183 g/mol. The zero-order valence-electron chi connectivity index (χ0n) is 7.88. The summed E-state index contributed by atoms with van der Waals surface area (Å²) in [6.45, 7) is 1.79. The number of hydrogen-bond acceptors (Lipinski definition) is 2. The summed E-state index contributed by atoms with van der Waals surface area (Å²) in [5.41, 5.74) is 0. The number of terminal acetylenes is 1. The van der Waals surface area contributed by atoms with Gasteiger partial charge in [0.1, 0.15) is 0 Å². The molecule has 74 valence electrons. The first-order valence-corrected chi connectivity index (χ1v) is 4.63. The van der Waals surface area contributed by atoms with Gasteiger partial charge in [0.25, 0.3) is 0 Å². The monoisotopic (exact) mass is 183 g/mol. The van der Waals surface area contributed by atoms with Crippen molar-refractivity contribution in [1.29, 1.82) is 0 Å². The molecular formula is C10H17NO2. The highest BCUT2D eigenvalue weighted by Crippen LogP contribution is 1.98. The fourth-order valence-corrected chi connectivity index (χ4v) is 0.989. The number of aliphatic carboxylic acids is 1. The molecule has 0 heterocycles. The zero-order valence-corrected chi connectivity index (χ0v) is 7.88. The van der Waals surface area contributed by atoms with Crippen LogP contribution < -0.4 is 5.32 Å². The van der Waals surface area contributed by atoms with Crippen LogP contribution in [-0.2, 0) is 4.79 Å². The lowest BCUT2D eigenvalue weighted by Gasteiger charge is -2.00. The molecule has 0 radical (unpaired) electrons. The summed E-state index contributed by atoms with van der Waals surface area (Å²) >= 11 is 0. The molecule has 0 unspecified atom stereocenters. The summed E-state index contributed by atoms with van der Waals surface area (Å²) in [6, 6.07) is 0. The van der Waals surface area contributed by atoms with E-state index in [-0.39, 0.29) is 6.42 Å². The number of carboxylic acid groups (broad SMARTS) is 1. The van der Waals surface area contributed by atoms with Crippen LogP contribution in [0.2, 0.25) is 0 Å². The highest BCUT2D eigenvalue weighted by atomic mass is 16.4. The highest BCUT2D eigenvalue weighted by Gasteiger charge is 1.95. The first-order valence-electron chi connectivity index (χ1n) is 4.63. The molecule has 0 spiro atoms. The molecule has 0 saturated carbocycles. The van der Waals surface area contributed by atoms with E-state index in [0.29, 0.717) is 0 Å². The lowest BCUT2D eigenvalue weighted by molar-refractivity contribution is -0.137. The fraction of sp³-hybridized carbons (Fsp3) is 0.700. The molecule has 2 N–H and O–H groups in total. The van der Waals surface area contributed by atoms with Gasteiger partial charge in [0, 0.05) is 19.4 Å². The molecule has 0 aromatic rings. The first-order chi connectivity index (χ1) is 6.27. The van der Waals surface area contributed by atoms with Gasteiger partial charge in [-0.15, -0.1) is 12.3 Å². The van der Waals surface area contributed by atoms with Crippen molar-refractivity contribution in [3.63, 3.8) is 0 Å². The molecule has 0 aromatic carbocycles. The molecular weight excluding hydrogens is 166 g/mol. The Balaban J connectivity index is 2.92. The van der Waals surface area contributed by atoms with Gasteiger partial charge in [-0.25, -0.2) is 0 Å².